The normalized spacial score (nSPS) is 19.7. The van der Waals surface area contributed by atoms with E-state index < -0.39 is 11.5 Å². The van der Waals surface area contributed by atoms with Crippen molar-refractivity contribution in [1.82, 2.24) is 14.9 Å². The lowest BCUT2D eigenvalue weighted by molar-refractivity contribution is 0.0572. The summed E-state index contributed by atoms with van der Waals surface area (Å²) in [6.07, 6.45) is 1.60. The minimum absolute atomic E-state index is 0.0848. The van der Waals surface area contributed by atoms with E-state index >= 15 is 0 Å². The van der Waals surface area contributed by atoms with Gasteiger partial charge in [-0.15, -0.1) is 0 Å². The molecule has 10 heteroatoms. The summed E-state index contributed by atoms with van der Waals surface area (Å²) < 4.78 is 21.5. The Morgan fingerprint density at radius 1 is 1.00 bits per heavy atom. The third-order valence-electron chi connectivity index (χ3n) is 8.59. The van der Waals surface area contributed by atoms with E-state index in [9.17, 15) is 14.4 Å². The van der Waals surface area contributed by atoms with Crippen LogP contribution in [0.3, 0.4) is 0 Å². The van der Waals surface area contributed by atoms with E-state index in [1.807, 2.05) is 20.8 Å². The number of esters is 1. The van der Waals surface area contributed by atoms with Crippen molar-refractivity contribution < 1.29 is 33.3 Å². The molecule has 1 fully saturated rings. The van der Waals surface area contributed by atoms with Crippen LogP contribution in [0.1, 0.15) is 70.6 Å². The highest BCUT2D eigenvalue weighted by Gasteiger charge is 2.52. The maximum atomic E-state index is 14.5. The zero-order valence-corrected chi connectivity index (χ0v) is 24.1. The molecule has 5 rings (SSSR count). The number of ether oxygens (including phenoxy) is 4. The van der Waals surface area contributed by atoms with Gasteiger partial charge in [0, 0.05) is 29.6 Å². The molecule has 1 aliphatic carbocycles. The summed E-state index contributed by atoms with van der Waals surface area (Å²) >= 11 is 0. The van der Waals surface area contributed by atoms with Crippen molar-refractivity contribution >= 4 is 28.4 Å². The van der Waals surface area contributed by atoms with Crippen LogP contribution in [0.2, 0.25) is 0 Å². The number of ketones is 2. The molecule has 0 amide bonds. The van der Waals surface area contributed by atoms with Gasteiger partial charge in [-0.2, -0.15) is 0 Å². The number of likely N-dealkylation sites (tertiary alicyclic amines) is 1. The number of hydrogen-bond donors (Lipinski definition) is 2. The molecular weight excluding hydrogens is 514 g/mol. The zero-order valence-electron chi connectivity index (χ0n) is 24.1. The van der Waals surface area contributed by atoms with Gasteiger partial charge >= 0.3 is 5.97 Å². The van der Waals surface area contributed by atoms with E-state index in [1.165, 1.54) is 21.3 Å². The minimum atomic E-state index is -0.990. The molecule has 3 atom stereocenters. The second-order valence-corrected chi connectivity index (χ2v) is 10.9. The molecule has 2 aliphatic rings. The van der Waals surface area contributed by atoms with Crippen LogP contribution >= 0.6 is 0 Å². The van der Waals surface area contributed by atoms with Crippen molar-refractivity contribution in [2.24, 2.45) is 11.8 Å². The lowest BCUT2D eigenvalue weighted by atomic mass is 9.79. The summed E-state index contributed by atoms with van der Waals surface area (Å²) in [5, 5.41) is 0.746. The highest BCUT2D eigenvalue weighted by atomic mass is 16.5. The van der Waals surface area contributed by atoms with Crippen LogP contribution in [-0.4, -0.2) is 72.9 Å². The third kappa shape index (κ3) is 3.80. The van der Waals surface area contributed by atoms with Crippen LogP contribution in [0.5, 0.6) is 17.2 Å². The van der Waals surface area contributed by atoms with Crippen LogP contribution in [0.25, 0.3) is 10.9 Å². The summed E-state index contributed by atoms with van der Waals surface area (Å²) in [5.41, 5.74) is 2.22. The van der Waals surface area contributed by atoms with Crippen molar-refractivity contribution in [2.75, 3.05) is 35.0 Å². The second-order valence-electron chi connectivity index (χ2n) is 10.9. The van der Waals surface area contributed by atoms with Crippen molar-refractivity contribution in [3.8, 4) is 17.2 Å². The number of allylic oxidation sites excluding steroid dienone is 2. The number of nitrogens with one attached hydrogen (secondary N) is 2. The maximum Gasteiger partial charge on any atom is 0.354 e. The second kappa shape index (κ2) is 9.76. The number of aromatic nitrogens is 2. The van der Waals surface area contributed by atoms with Gasteiger partial charge < -0.3 is 33.8 Å². The van der Waals surface area contributed by atoms with Crippen LogP contribution < -0.4 is 14.2 Å². The first-order chi connectivity index (χ1) is 19.0. The predicted octanol–water partition coefficient (Wildman–Crippen LogP) is 4.72. The first kappa shape index (κ1) is 27.4. The Labute approximate surface area is 232 Å². The van der Waals surface area contributed by atoms with Crippen molar-refractivity contribution in [1.29, 1.82) is 0 Å². The summed E-state index contributed by atoms with van der Waals surface area (Å²) in [4.78, 5) is 48.2. The zero-order chi connectivity index (χ0) is 29.1. The van der Waals surface area contributed by atoms with Gasteiger partial charge in [0.05, 0.1) is 45.3 Å². The molecule has 1 aromatic carbocycles. The number of nitrogens with zero attached hydrogens (tertiary/aromatic N) is 1. The molecule has 0 radical (unpaired) electrons. The molecule has 1 aliphatic heterocycles. The minimum Gasteiger partial charge on any atom is -0.493 e. The van der Waals surface area contributed by atoms with Crippen LogP contribution in [0.15, 0.2) is 30.0 Å². The summed E-state index contributed by atoms with van der Waals surface area (Å²) in [6.45, 7) is 8.60. The average molecular weight is 550 g/mol. The molecule has 10 nitrogen and oxygen atoms in total. The first-order valence-corrected chi connectivity index (χ1v) is 13.2. The van der Waals surface area contributed by atoms with Gasteiger partial charge in [-0.05, 0) is 42.5 Å². The Morgan fingerprint density at radius 3 is 2.30 bits per heavy atom. The number of Topliss-reactive ketones (excluding diaryl/α,β-unsaturated/α-hetero) is 1. The Kier molecular flexibility index (Phi) is 6.68. The number of benzene rings is 1. The molecule has 2 aromatic heterocycles. The van der Waals surface area contributed by atoms with Gasteiger partial charge in [0.2, 0.25) is 17.3 Å². The molecule has 3 aromatic rings. The number of carbonyl (C=O) groups excluding carboxylic acids is 3. The molecule has 212 valence electrons. The molecular formula is C30H35N3O7. The van der Waals surface area contributed by atoms with Gasteiger partial charge in [-0.3, -0.25) is 9.59 Å². The number of carbonyl (C=O) groups is 3. The van der Waals surface area contributed by atoms with Crippen LogP contribution in [0.4, 0.5) is 0 Å². The van der Waals surface area contributed by atoms with E-state index in [0.717, 1.165) is 16.6 Å². The number of methoxy groups -OCH3 is 4. The van der Waals surface area contributed by atoms with Gasteiger partial charge in [0.15, 0.2) is 11.5 Å². The van der Waals surface area contributed by atoms with E-state index in [2.05, 4.69) is 21.8 Å². The largest absolute Gasteiger partial charge is 0.493 e. The summed E-state index contributed by atoms with van der Waals surface area (Å²) in [6, 6.07) is 5.31. The Balaban J connectivity index is 1.59. The number of aromatic amines is 2. The molecule has 0 saturated carbocycles. The fourth-order valence-corrected chi connectivity index (χ4v) is 6.23. The quantitative estimate of drug-likeness (QED) is 0.306. The van der Waals surface area contributed by atoms with Crippen molar-refractivity contribution in [2.45, 2.75) is 39.2 Å². The first-order valence-electron chi connectivity index (χ1n) is 13.2. The number of fused-ring (bicyclic) bond motifs is 4. The van der Waals surface area contributed by atoms with Crippen molar-refractivity contribution in [3.63, 3.8) is 0 Å². The van der Waals surface area contributed by atoms with Crippen LogP contribution in [0, 0.1) is 11.8 Å². The Hall–Kier alpha value is -4.21. The van der Waals surface area contributed by atoms with E-state index in [4.69, 9.17) is 18.9 Å². The van der Waals surface area contributed by atoms with E-state index in [1.54, 1.807) is 31.4 Å². The van der Waals surface area contributed by atoms with E-state index in [0.29, 0.717) is 40.7 Å². The number of hydrogen-bond acceptors (Lipinski definition) is 8. The number of H-pyrrole nitrogens is 2. The number of rotatable bonds is 8. The highest BCUT2D eigenvalue weighted by molar-refractivity contribution is 6.09. The molecule has 0 spiro atoms. The topological polar surface area (TPSA) is 123 Å². The van der Waals surface area contributed by atoms with E-state index in [-0.39, 0.29) is 35.0 Å². The lowest BCUT2D eigenvalue weighted by Crippen LogP contribution is -2.55. The Bertz CT molecular complexity index is 1560. The molecule has 2 N–H and O–H groups in total. The standard InChI is InChI=1S/C30H35N3O7/c1-14(2)30(4,28(35)18-9-16-10-22(37-5)26(38-6)27(39-7)24(16)31-18)33-13-15(3)23-17-11-19(29(36)40-8)32-25(17)21(34)12-20(23)33/h9-12,14-15,23,31-32H,13H2,1-8H3/t15-,23?,30?/m1/s1. The summed E-state index contributed by atoms with van der Waals surface area (Å²) in [5.74, 6) is 0.310. The SMILES string of the molecule is COC(=O)c1cc2c([nH]1)C(=O)C=C1C2[C@H](C)CN1C(C)(C(=O)c1cc2cc(OC)c(OC)c(OC)c2[nH]1)C(C)C. The smallest absolute Gasteiger partial charge is 0.354 e. The fraction of sp³-hybridized carbons (Fsp3) is 0.433. The highest BCUT2D eigenvalue weighted by Crippen LogP contribution is 2.50. The molecule has 1 saturated heterocycles. The molecule has 3 heterocycles. The Morgan fingerprint density at radius 2 is 1.70 bits per heavy atom. The summed E-state index contributed by atoms with van der Waals surface area (Å²) in [7, 11) is 5.92. The maximum absolute atomic E-state index is 14.5. The molecule has 0 bridgehead atoms. The lowest BCUT2D eigenvalue weighted by Gasteiger charge is -2.43. The van der Waals surface area contributed by atoms with Gasteiger partial charge in [-0.25, -0.2) is 4.79 Å². The van der Waals surface area contributed by atoms with Gasteiger partial charge in [-0.1, -0.05) is 20.8 Å². The third-order valence-corrected chi connectivity index (χ3v) is 8.59. The molecule has 40 heavy (non-hydrogen) atoms. The molecule has 2 unspecified atom stereocenters. The average Bonchev–Trinajstić information content (AvgIpc) is 3.65. The fourth-order valence-electron chi connectivity index (χ4n) is 6.23. The predicted molar refractivity (Wildman–Crippen MR) is 149 cm³/mol. The van der Waals surface area contributed by atoms with Gasteiger partial charge in [0.1, 0.15) is 11.2 Å². The monoisotopic (exact) mass is 549 g/mol. The van der Waals surface area contributed by atoms with Gasteiger partial charge in [0.25, 0.3) is 0 Å². The van der Waals surface area contributed by atoms with Crippen LogP contribution in [-0.2, 0) is 4.74 Å². The van der Waals surface area contributed by atoms with Crippen molar-refractivity contribution in [3.05, 3.63) is 52.6 Å².